The molecule has 2 aromatic heterocycles. The van der Waals surface area contributed by atoms with Gasteiger partial charge in [-0.1, -0.05) is 18.2 Å². The van der Waals surface area contributed by atoms with E-state index in [2.05, 4.69) is 20.5 Å². The summed E-state index contributed by atoms with van der Waals surface area (Å²) in [6, 6.07) is 17.1. The third-order valence-corrected chi connectivity index (χ3v) is 5.01. The van der Waals surface area contributed by atoms with Crippen LogP contribution in [0, 0.1) is 0 Å². The normalized spacial score (nSPS) is 11.1. The zero-order valence-corrected chi connectivity index (χ0v) is 18.2. The second kappa shape index (κ2) is 9.72. The number of rotatable bonds is 6. The van der Waals surface area contributed by atoms with Gasteiger partial charge in [-0.15, -0.1) is 10.2 Å². The van der Waals surface area contributed by atoms with Crippen molar-refractivity contribution in [2.75, 3.05) is 12.4 Å². The molecule has 0 spiro atoms. The van der Waals surface area contributed by atoms with E-state index >= 15 is 0 Å². The smallest absolute Gasteiger partial charge is 0.417 e. The molecule has 0 radical (unpaired) electrons. The van der Waals surface area contributed by atoms with Crippen LogP contribution < -0.4 is 10.1 Å². The number of hydrogen-bond donors (Lipinski definition) is 1. The van der Waals surface area contributed by atoms with Crippen LogP contribution in [0.15, 0.2) is 79.0 Å². The lowest BCUT2D eigenvalue weighted by Crippen LogP contribution is -2.14. The van der Waals surface area contributed by atoms with E-state index in [1.807, 2.05) is 0 Å². The van der Waals surface area contributed by atoms with Crippen LogP contribution in [0.25, 0.3) is 11.3 Å². The molecule has 0 bridgehead atoms. The highest BCUT2D eigenvalue weighted by Crippen LogP contribution is 2.32. The van der Waals surface area contributed by atoms with Crippen molar-refractivity contribution in [1.82, 2.24) is 15.2 Å². The maximum absolute atomic E-state index is 13.2. The molecule has 176 valence electrons. The van der Waals surface area contributed by atoms with Crippen molar-refractivity contribution in [3.63, 3.8) is 0 Å². The molecule has 4 aromatic rings. The molecule has 10 heteroatoms. The first kappa shape index (κ1) is 23.6. The monoisotopic (exact) mass is 478 g/mol. The highest BCUT2D eigenvalue weighted by Gasteiger charge is 2.35. The van der Waals surface area contributed by atoms with Crippen LogP contribution in [-0.2, 0) is 6.18 Å². The van der Waals surface area contributed by atoms with Gasteiger partial charge in [0.25, 0.3) is 5.91 Å². The number of halogens is 3. The third kappa shape index (κ3) is 5.32. The van der Waals surface area contributed by atoms with Crippen molar-refractivity contribution >= 4 is 17.4 Å². The van der Waals surface area contributed by atoms with Crippen LogP contribution in [0.2, 0.25) is 0 Å². The number of benzene rings is 2. The van der Waals surface area contributed by atoms with E-state index in [9.17, 15) is 22.8 Å². The number of hydrogen-bond acceptors (Lipinski definition) is 6. The molecule has 2 heterocycles. The lowest BCUT2D eigenvalue weighted by atomic mass is 10.0. The Morgan fingerprint density at radius 1 is 0.857 bits per heavy atom. The summed E-state index contributed by atoms with van der Waals surface area (Å²) < 4.78 is 44.8. The number of nitrogens with one attached hydrogen (secondary N) is 1. The molecule has 1 amide bonds. The van der Waals surface area contributed by atoms with Crippen molar-refractivity contribution in [1.29, 1.82) is 0 Å². The van der Waals surface area contributed by atoms with E-state index in [1.165, 1.54) is 36.5 Å². The summed E-state index contributed by atoms with van der Waals surface area (Å²) in [6.07, 6.45) is -3.35. The quantitative estimate of drug-likeness (QED) is 0.390. The number of pyridine rings is 1. The van der Waals surface area contributed by atoms with Gasteiger partial charge in [0, 0.05) is 23.0 Å². The standard InChI is InChI=1S/C25H17F3N4O3/c1-35-17-9-7-16(8-10-17)30-24(34)22-13-12-20(31-32-22)15-6-11-21(29-14-15)23(33)18-4-2-3-5-19(18)25(26,27)28/h2-14H,1H3,(H,30,34). The molecule has 0 fully saturated rings. The van der Waals surface area contributed by atoms with Gasteiger partial charge in [-0.05, 0) is 54.6 Å². The van der Waals surface area contributed by atoms with E-state index in [0.717, 1.165) is 12.1 Å². The Labute approximate surface area is 197 Å². The van der Waals surface area contributed by atoms with Crippen LogP contribution >= 0.6 is 0 Å². The number of amides is 1. The molecule has 0 aliphatic rings. The SMILES string of the molecule is COc1ccc(NC(=O)c2ccc(-c3ccc(C(=O)c4ccccc4C(F)(F)F)nc3)nn2)cc1. The van der Waals surface area contributed by atoms with Gasteiger partial charge in [0.05, 0.1) is 18.4 Å². The van der Waals surface area contributed by atoms with Crippen LogP contribution in [0.5, 0.6) is 5.75 Å². The molecule has 2 aromatic carbocycles. The molecule has 4 rings (SSSR count). The Morgan fingerprint density at radius 3 is 2.17 bits per heavy atom. The number of carbonyl (C=O) groups excluding carboxylic acids is 2. The Hall–Kier alpha value is -4.60. The second-order valence-corrected chi connectivity index (χ2v) is 7.29. The Morgan fingerprint density at radius 2 is 1.57 bits per heavy atom. The zero-order chi connectivity index (χ0) is 25.0. The van der Waals surface area contributed by atoms with E-state index in [0.29, 0.717) is 22.7 Å². The van der Waals surface area contributed by atoms with E-state index in [1.54, 1.807) is 37.4 Å². The Balaban J connectivity index is 1.48. The fourth-order valence-electron chi connectivity index (χ4n) is 3.22. The Bertz CT molecular complexity index is 1350. The predicted octanol–water partition coefficient (Wildman–Crippen LogP) is 5.05. The minimum Gasteiger partial charge on any atom is -0.497 e. The Kier molecular flexibility index (Phi) is 6.54. The molecule has 0 aliphatic carbocycles. The summed E-state index contributed by atoms with van der Waals surface area (Å²) in [5.41, 5.74) is -0.175. The average molecular weight is 478 g/mol. The summed E-state index contributed by atoms with van der Waals surface area (Å²) in [5.74, 6) is -0.657. The van der Waals surface area contributed by atoms with Crippen LogP contribution in [0.1, 0.15) is 32.1 Å². The first-order chi connectivity index (χ1) is 16.8. The van der Waals surface area contributed by atoms with E-state index in [4.69, 9.17) is 4.74 Å². The molecule has 0 unspecified atom stereocenters. The number of ether oxygens (including phenoxy) is 1. The number of methoxy groups -OCH3 is 1. The van der Waals surface area contributed by atoms with Gasteiger partial charge in [-0.2, -0.15) is 13.2 Å². The summed E-state index contributed by atoms with van der Waals surface area (Å²) in [7, 11) is 1.54. The number of nitrogens with zero attached hydrogens (tertiary/aromatic N) is 3. The van der Waals surface area contributed by atoms with Gasteiger partial charge in [0.1, 0.15) is 11.4 Å². The van der Waals surface area contributed by atoms with Gasteiger partial charge in [0.15, 0.2) is 5.69 Å². The van der Waals surface area contributed by atoms with Gasteiger partial charge in [-0.25, -0.2) is 0 Å². The van der Waals surface area contributed by atoms with Gasteiger partial charge in [0.2, 0.25) is 5.78 Å². The fraction of sp³-hybridized carbons (Fsp3) is 0.0800. The van der Waals surface area contributed by atoms with Gasteiger partial charge < -0.3 is 10.1 Å². The lowest BCUT2D eigenvalue weighted by Gasteiger charge is -2.11. The summed E-state index contributed by atoms with van der Waals surface area (Å²) in [4.78, 5) is 29.0. The molecule has 35 heavy (non-hydrogen) atoms. The summed E-state index contributed by atoms with van der Waals surface area (Å²) in [6.45, 7) is 0. The minimum atomic E-state index is -4.66. The van der Waals surface area contributed by atoms with Crippen LogP contribution in [-0.4, -0.2) is 34.0 Å². The number of carbonyl (C=O) groups is 2. The van der Waals surface area contributed by atoms with E-state index < -0.39 is 29.0 Å². The second-order valence-electron chi connectivity index (χ2n) is 7.29. The number of anilines is 1. The maximum atomic E-state index is 13.2. The highest BCUT2D eigenvalue weighted by molar-refractivity contribution is 6.09. The van der Waals surface area contributed by atoms with Crippen molar-refractivity contribution in [3.8, 4) is 17.0 Å². The number of ketones is 1. The third-order valence-electron chi connectivity index (χ3n) is 5.01. The van der Waals surface area contributed by atoms with Crippen molar-refractivity contribution in [2.45, 2.75) is 6.18 Å². The zero-order valence-electron chi connectivity index (χ0n) is 18.2. The number of aromatic nitrogens is 3. The first-order valence-corrected chi connectivity index (χ1v) is 10.2. The topological polar surface area (TPSA) is 94.1 Å². The molecule has 0 saturated heterocycles. The fourth-order valence-corrected chi connectivity index (χ4v) is 3.22. The average Bonchev–Trinajstić information content (AvgIpc) is 2.88. The van der Waals surface area contributed by atoms with Crippen LogP contribution in [0.4, 0.5) is 18.9 Å². The predicted molar refractivity (Wildman–Crippen MR) is 121 cm³/mol. The molecular formula is C25H17F3N4O3. The van der Waals surface area contributed by atoms with E-state index in [-0.39, 0.29) is 11.4 Å². The molecule has 0 aliphatic heterocycles. The molecule has 7 nitrogen and oxygen atoms in total. The van der Waals surface area contributed by atoms with Gasteiger partial charge in [-0.3, -0.25) is 14.6 Å². The van der Waals surface area contributed by atoms with Crippen molar-refractivity contribution in [3.05, 3.63) is 102 Å². The number of alkyl halides is 3. The molecular weight excluding hydrogens is 461 g/mol. The van der Waals surface area contributed by atoms with Gasteiger partial charge >= 0.3 is 6.18 Å². The molecule has 1 N–H and O–H groups in total. The van der Waals surface area contributed by atoms with Crippen LogP contribution in [0.3, 0.4) is 0 Å². The summed E-state index contributed by atoms with van der Waals surface area (Å²) >= 11 is 0. The summed E-state index contributed by atoms with van der Waals surface area (Å²) in [5, 5.41) is 10.6. The first-order valence-electron chi connectivity index (χ1n) is 10.2. The molecule has 0 saturated carbocycles. The largest absolute Gasteiger partial charge is 0.497 e. The maximum Gasteiger partial charge on any atom is 0.417 e. The highest BCUT2D eigenvalue weighted by atomic mass is 19.4. The molecule has 0 atom stereocenters. The minimum absolute atomic E-state index is 0.0769. The van der Waals surface area contributed by atoms with Crippen molar-refractivity contribution in [2.24, 2.45) is 0 Å². The lowest BCUT2D eigenvalue weighted by molar-refractivity contribution is -0.137. The van der Waals surface area contributed by atoms with Crippen molar-refractivity contribution < 1.29 is 27.5 Å².